The van der Waals surface area contributed by atoms with Crippen LogP contribution < -0.4 is 11.1 Å². The first-order chi connectivity index (χ1) is 12.2. The summed E-state index contributed by atoms with van der Waals surface area (Å²) in [6.07, 6.45) is 6.82. The first-order valence-electron chi connectivity index (χ1n) is 9.39. The monoisotopic (exact) mass is 358 g/mol. The van der Waals surface area contributed by atoms with Crippen LogP contribution >= 0.6 is 11.3 Å². The lowest BCUT2D eigenvalue weighted by atomic mass is 9.95. The number of hydrogen-bond acceptors (Lipinski definition) is 5. The average molecular weight is 359 g/mol. The van der Waals surface area contributed by atoms with Gasteiger partial charge in [-0.3, -0.25) is 9.69 Å². The van der Waals surface area contributed by atoms with Crippen molar-refractivity contribution in [1.29, 1.82) is 0 Å². The minimum absolute atomic E-state index is 0.0273. The van der Waals surface area contributed by atoms with Gasteiger partial charge in [-0.15, -0.1) is 11.3 Å². The molecule has 6 heteroatoms. The third-order valence-electron chi connectivity index (χ3n) is 5.54. The Morgan fingerprint density at radius 1 is 1.40 bits per heavy atom. The molecule has 0 atom stereocenters. The minimum Gasteiger partial charge on any atom is -0.397 e. The normalized spacial score (nSPS) is 19.1. The number of likely N-dealkylation sites (N-methyl/N-ethyl adjacent to an activating group) is 1. The second-order valence-corrected chi connectivity index (χ2v) is 8.22. The summed E-state index contributed by atoms with van der Waals surface area (Å²) in [5.74, 6) is -0.0273. The van der Waals surface area contributed by atoms with Crippen molar-refractivity contribution in [2.24, 2.45) is 0 Å². The zero-order valence-corrected chi connectivity index (χ0v) is 15.6. The Balaban J connectivity index is 1.62. The summed E-state index contributed by atoms with van der Waals surface area (Å²) in [7, 11) is 0. The summed E-state index contributed by atoms with van der Waals surface area (Å²) in [5.41, 5.74) is 9.35. The molecule has 0 saturated heterocycles. The molecule has 5 nitrogen and oxygen atoms in total. The largest absolute Gasteiger partial charge is 0.397 e. The predicted molar refractivity (Wildman–Crippen MR) is 103 cm³/mol. The van der Waals surface area contributed by atoms with E-state index in [0.717, 1.165) is 54.8 Å². The Morgan fingerprint density at radius 2 is 2.20 bits per heavy atom. The van der Waals surface area contributed by atoms with E-state index in [-0.39, 0.29) is 5.91 Å². The van der Waals surface area contributed by atoms with Gasteiger partial charge in [-0.25, -0.2) is 4.98 Å². The smallest absolute Gasteiger partial charge is 0.263 e. The third-order valence-corrected chi connectivity index (χ3v) is 6.66. The van der Waals surface area contributed by atoms with E-state index in [2.05, 4.69) is 23.2 Å². The Labute approximate surface area is 152 Å². The lowest BCUT2D eigenvalue weighted by Crippen LogP contribution is -2.36. The lowest BCUT2D eigenvalue weighted by molar-refractivity contribution is 0.0932. The van der Waals surface area contributed by atoms with Crippen LogP contribution in [0.2, 0.25) is 0 Å². The highest BCUT2D eigenvalue weighted by molar-refractivity contribution is 7.21. The van der Waals surface area contributed by atoms with Crippen LogP contribution in [-0.4, -0.2) is 34.9 Å². The van der Waals surface area contributed by atoms with Crippen molar-refractivity contribution in [3.05, 3.63) is 22.2 Å². The Kier molecular flexibility index (Phi) is 4.65. The first kappa shape index (κ1) is 16.8. The Hall–Kier alpha value is -1.66. The second-order valence-electron chi connectivity index (χ2n) is 7.22. The molecule has 1 aliphatic carbocycles. The van der Waals surface area contributed by atoms with Crippen molar-refractivity contribution in [2.45, 2.75) is 58.0 Å². The van der Waals surface area contributed by atoms with Gasteiger partial charge in [-0.2, -0.15) is 0 Å². The van der Waals surface area contributed by atoms with Crippen molar-refractivity contribution in [3.63, 3.8) is 0 Å². The van der Waals surface area contributed by atoms with Gasteiger partial charge >= 0.3 is 0 Å². The standard InChI is InChI=1S/C19H26N4OS/c1-2-23-9-8-15-12(11-23)10-14-16(20)17(25-19(14)22-15)18(24)21-13-6-4-3-5-7-13/h10,13H,2-9,11,20H2,1H3,(H,21,24). The number of fused-ring (bicyclic) bond motifs is 2. The maximum Gasteiger partial charge on any atom is 0.263 e. The number of pyridine rings is 1. The molecular formula is C19H26N4OS. The van der Waals surface area contributed by atoms with E-state index in [9.17, 15) is 4.79 Å². The van der Waals surface area contributed by atoms with Gasteiger partial charge in [0, 0.05) is 36.6 Å². The fraction of sp³-hybridized carbons (Fsp3) is 0.579. The van der Waals surface area contributed by atoms with Gasteiger partial charge in [0.05, 0.1) is 5.69 Å². The number of nitrogens with two attached hydrogens (primary N) is 1. The van der Waals surface area contributed by atoms with Crippen LogP contribution in [0.3, 0.4) is 0 Å². The number of nitrogens with zero attached hydrogens (tertiary/aromatic N) is 2. The molecule has 0 spiro atoms. The maximum atomic E-state index is 12.7. The molecule has 2 aromatic heterocycles. The summed E-state index contributed by atoms with van der Waals surface area (Å²) in [6.45, 7) is 5.21. The second kappa shape index (κ2) is 6.92. The molecule has 2 aliphatic rings. The molecule has 25 heavy (non-hydrogen) atoms. The van der Waals surface area contributed by atoms with E-state index in [0.29, 0.717) is 16.6 Å². The molecule has 2 aromatic rings. The van der Waals surface area contributed by atoms with E-state index in [4.69, 9.17) is 10.7 Å². The number of carbonyl (C=O) groups excluding carboxylic acids is 1. The summed E-state index contributed by atoms with van der Waals surface area (Å²) in [4.78, 5) is 21.5. The zero-order valence-electron chi connectivity index (χ0n) is 14.8. The van der Waals surface area contributed by atoms with E-state index in [1.165, 1.54) is 36.2 Å². The quantitative estimate of drug-likeness (QED) is 0.883. The van der Waals surface area contributed by atoms with Crippen LogP contribution in [0.4, 0.5) is 5.69 Å². The molecule has 0 bridgehead atoms. The Morgan fingerprint density at radius 3 is 2.96 bits per heavy atom. The SMILES string of the molecule is CCN1CCc2nc3sc(C(=O)NC4CCCCC4)c(N)c3cc2C1. The number of aromatic nitrogens is 1. The molecule has 1 fully saturated rings. The average Bonchev–Trinajstić information content (AvgIpc) is 2.96. The molecule has 3 heterocycles. The number of nitrogens with one attached hydrogen (secondary N) is 1. The van der Waals surface area contributed by atoms with Gasteiger partial charge < -0.3 is 11.1 Å². The molecule has 4 rings (SSSR count). The van der Waals surface area contributed by atoms with Crippen LogP contribution in [0.1, 0.15) is 60.0 Å². The summed E-state index contributed by atoms with van der Waals surface area (Å²) in [6, 6.07) is 2.45. The van der Waals surface area contributed by atoms with Gasteiger partial charge in [-0.1, -0.05) is 26.2 Å². The van der Waals surface area contributed by atoms with Crippen molar-refractivity contribution >= 4 is 33.1 Å². The molecule has 0 aromatic carbocycles. The van der Waals surface area contributed by atoms with Crippen molar-refractivity contribution in [1.82, 2.24) is 15.2 Å². The maximum absolute atomic E-state index is 12.7. The Bertz CT molecular complexity index is 794. The minimum atomic E-state index is -0.0273. The van der Waals surface area contributed by atoms with Gasteiger partial charge in [0.15, 0.2) is 0 Å². The fourth-order valence-electron chi connectivity index (χ4n) is 3.99. The molecule has 1 saturated carbocycles. The summed E-state index contributed by atoms with van der Waals surface area (Å²) < 4.78 is 0. The highest BCUT2D eigenvalue weighted by atomic mass is 32.1. The molecule has 1 aliphatic heterocycles. The summed E-state index contributed by atoms with van der Waals surface area (Å²) >= 11 is 1.44. The summed E-state index contributed by atoms with van der Waals surface area (Å²) in [5, 5.41) is 4.12. The van der Waals surface area contributed by atoms with Crippen LogP contribution in [0.5, 0.6) is 0 Å². The number of nitrogen functional groups attached to an aromatic ring is 1. The predicted octanol–water partition coefficient (Wildman–Crippen LogP) is 3.32. The van der Waals surface area contributed by atoms with Gasteiger partial charge in [-0.05, 0) is 31.0 Å². The van der Waals surface area contributed by atoms with E-state index >= 15 is 0 Å². The number of amides is 1. The fourth-order valence-corrected chi connectivity index (χ4v) is 4.99. The number of rotatable bonds is 3. The molecule has 0 unspecified atom stereocenters. The van der Waals surface area contributed by atoms with Gasteiger partial charge in [0.25, 0.3) is 5.91 Å². The van der Waals surface area contributed by atoms with Crippen molar-refractivity contribution in [2.75, 3.05) is 18.8 Å². The first-order valence-corrected chi connectivity index (χ1v) is 10.2. The highest BCUT2D eigenvalue weighted by Crippen LogP contribution is 2.35. The van der Waals surface area contributed by atoms with Crippen molar-refractivity contribution < 1.29 is 4.79 Å². The molecule has 1 amide bonds. The van der Waals surface area contributed by atoms with Gasteiger partial charge in [0.1, 0.15) is 9.71 Å². The third kappa shape index (κ3) is 3.25. The van der Waals surface area contributed by atoms with Crippen molar-refractivity contribution in [3.8, 4) is 0 Å². The van der Waals surface area contributed by atoms with Crippen LogP contribution in [0, 0.1) is 0 Å². The van der Waals surface area contributed by atoms with E-state index < -0.39 is 0 Å². The lowest BCUT2D eigenvalue weighted by Gasteiger charge is -2.26. The molecular weight excluding hydrogens is 332 g/mol. The van der Waals surface area contributed by atoms with Crippen LogP contribution in [0.15, 0.2) is 6.07 Å². The molecule has 3 N–H and O–H groups in total. The van der Waals surface area contributed by atoms with Gasteiger partial charge in [0.2, 0.25) is 0 Å². The molecule has 0 radical (unpaired) electrons. The molecule has 134 valence electrons. The zero-order chi connectivity index (χ0) is 17.4. The highest BCUT2D eigenvalue weighted by Gasteiger charge is 2.24. The van der Waals surface area contributed by atoms with E-state index in [1.807, 2.05) is 0 Å². The van der Waals surface area contributed by atoms with E-state index in [1.54, 1.807) is 0 Å². The number of hydrogen-bond donors (Lipinski definition) is 2. The number of anilines is 1. The number of thiophene rings is 1. The van der Waals surface area contributed by atoms with Crippen LogP contribution in [0.25, 0.3) is 10.2 Å². The topological polar surface area (TPSA) is 71.2 Å². The van der Waals surface area contributed by atoms with Crippen LogP contribution in [-0.2, 0) is 13.0 Å². The number of carbonyl (C=O) groups is 1.